The molecular formula is C15H13FN8. The van der Waals surface area contributed by atoms with Crippen molar-refractivity contribution in [1.82, 2.24) is 34.3 Å². The number of rotatable bonds is 5. The molecule has 4 rings (SSSR count). The highest BCUT2D eigenvalue weighted by Crippen LogP contribution is 2.08. The molecule has 0 fully saturated rings. The van der Waals surface area contributed by atoms with Crippen molar-refractivity contribution in [3.05, 3.63) is 66.5 Å². The van der Waals surface area contributed by atoms with Gasteiger partial charge in [0.25, 0.3) is 0 Å². The van der Waals surface area contributed by atoms with Gasteiger partial charge >= 0.3 is 0 Å². The Morgan fingerprint density at radius 1 is 1.17 bits per heavy atom. The normalized spacial score (nSPS) is 11.0. The molecule has 0 unspecified atom stereocenters. The fraction of sp³-hybridized carbons (Fsp3) is 0.133. The third-order valence-electron chi connectivity index (χ3n) is 3.43. The minimum atomic E-state index is -0.261. The van der Waals surface area contributed by atoms with E-state index < -0.39 is 0 Å². The van der Waals surface area contributed by atoms with Gasteiger partial charge in [-0.05, 0) is 17.7 Å². The van der Waals surface area contributed by atoms with E-state index >= 15 is 0 Å². The quantitative estimate of drug-likeness (QED) is 0.599. The molecule has 0 saturated heterocycles. The Bertz CT molecular complexity index is 976. The van der Waals surface area contributed by atoms with E-state index in [0.29, 0.717) is 30.4 Å². The third kappa shape index (κ3) is 2.91. The minimum absolute atomic E-state index is 0.261. The van der Waals surface area contributed by atoms with Crippen LogP contribution in [0.25, 0.3) is 5.65 Å². The number of benzene rings is 1. The molecule has 0 radical (unpaired) electrons. The Hall–Kier alpha value is -3.36. The maximum Gasteiger partial charge on any atom is 0.175 e. The summed E-state index contributed by atoms with van der Waals surface area (Å²) in [6, 6.07) is 6.42. The molecule has 0 aliphatic heterocycles. The zero-order valence-corrected chi connectivity index (χ0v) is 12.5. The Labute approximate surface area is 136 Å². The molecule has 0 bridgehead atoms. The molecule has 0 aliphatic carbocycles. The van der Waals surface area contributed by atoms with E-state index in [1.165, 1.54) is 18.5 Å². The van der Waals surface area contributed by atoms with Crippen LogP contribution in [0.2, 0.25) is 0 Å². The smallest absolute Gasteiger partial charge is 0.175 e. The zero-order valence-electron chi connectivity index (χ0n) is 12.5. The van der Waals surface area contributed by atoms with Crippen LogP contribution in [-0.2, 0) is 13.1 Å². The van der Waals surface area contributed by atoms with Gasteiger partial charge in [0.05, 0.1) is 25.5 Å². The molecule has 24 heavy (non-hydrogen) atoms. The lowest BCUT2D eigenvalue weighted by Gasteiger charge is -2.05. The number of halogens is 1. The monoisotopic (exact) mass is 324 g/mol. The van der Waals surface area contributed by atoms with Crippen molar-refractivity contribution >= 4 is 11.5 Å². The minimum Gasteiger partial charge on any atom is -0.361 e. The molecule has 1 aromatic carbocycles. The van der Waals surface area contributed by atoms with Gasteiger partial charge in [0, 0.05) is 0 Å². The van der Waals surface area contributed by atoms with Crippen LogP contribution in [-0.4, -0.2) is 34.3 Å². The molecular weight excluding hydrogens is 311 g/mol. The Kier molecular flexibility index (Phi) is 3.58. The molecule has 0 amide bonds. The standard InChI is InChI=1S/C15H13FN8/c16-12-3-1-2-11(4-12)8-23-10-20-13(22-23)5-18-14-6-17-7-15-19-9-21-24(14)15/h1-4,6-7,9-10,18H,5,8H2. The van der Waals surface area contributed by atoms with Crippen LogP contribution < -0.4 is 5.32 Å². The number of nitrogens with zero attached hydrogens (tertiary/aromatic N) is 7. The van der Waals surface area contributed by atoms with Gasteiger partial charge in [-0.2, -0.15) is 14.7 Å². The Morgan fingerprint density at radius 2 is 2.12 bits per heavy atom. The van der Waals surface area contributed by atoms with Crippen molar-refractivity contribution in [3.63, 3.8) is 0 Å². The van der Waals surface area contributed by atoms with Gasteiger partial charge in [0.2, 0.25) is 0 Å². The fourth-order valence-electron chi connectivity index (χ4n) is 2.36. The summed E-state index contributed by atoms with van der Waals surface area (Å²) in [7, 11) is 0. The molecule has 120 valence electrons. The van der Waals surface area contributed by atoms with Crippen molar-refractivity contribution in [2.45, 2.75) is 13.1 Å². The summed E-state index contributed by atoms with van der Waals surface area (Å²) in [5.41, 5.74) is 1.49. The molecule has 0 saturated carbocycles. The van der Waals surface area contributed by atoms with Gasteiger partial charge < -0.3 is 5.32 Å². The number of hydrogen-bond acceptors (Lipinski definition) is 6. The van der Waals surface area contributed by atoms with Gasteiger partial charge in [0.15, 0.2) is 11.5 Å². The van der Waals surface area contributed by atoms with Crippen molar-refractivity contribution in [2.75, 3.05) is 5.32 Å². The van der Waals surface area contributed by atoms with Crippen molar-refractivity contribution in [2.24, 2.45) is 0 Å². The summed E-state index contributed by atoms with van der Waals surface area (Å²) in [5.74, 6) is 1.05. The van der Waals surface area contributed by atoms with Crippen LogP contribution in [0.5, 0.6) is 0 Å². The average Bonchev–Trinajstić information content (AvgIpc) is 3.22. The first-order chi connectivity index (χ1) is 11.8. The van der Waals surface area contributed by atoms with Crippen LogP contribution in [0, 0.1) is 5.82 Å². The van der Waals surface area contributed by atoms with E-state index in [4.69, 9.17) is 0 Å². The summed E-state index contributed by atoms with van der Waals surface area (Å²) in [5, 5.41) is 11.7. The number of nitrogens with one attached hydrogen (secondary N) is 1. The molecule has 0 aliphatic rings. The lowest BCUT2D eigenvalue weighted by molar-refractivity contribution is 0.618. The summed E-state index contributed by atoms with van der Waals surface area (Å²) in [6.45, 7) is 0.877. The molecule has 3 aromatic heterocycles. The fourth-order valence-corrected chi connectivity index (χ4v) is 2.36. The lowest BCUT2D eigenvalue weighted by atomic mass is 10.2. The summed E-state index contributed by atoms with van der Waals surface area (Å²) < 4.78 is 16.5. The third-order valence-corrected chi connectivity index (χ3v) is 3.43. The highest BCUT2D eigenvalue weighted by Gasteiger charge is 2.06. The Morgan fingerprint density at radius 3 is 3.04 bits per heavy atom. The van der Waals surface area contributed by atoms with Crippen molar-refractivity contribution < 1.29 is 4.39 Å². The predicted octanol–water partition coefficient (Wildman–Crippen LogP) is 1.52. The van der Waals surface area contributed by atoms with Crippen LogP contribution in [0.4, 0.5) is 10.2 Å². The molecule has 0 spiro atoms. The lowest BCUT2D eigenvalue weighted by Crippen LogP contribution is -2.08. The molecule has 9 heteroatoms. The summed E-state index contributed by atoms with van der Waals surface area (Å²) in [6.07, 6.45) is 6.37. The highest BCUT2D eigenvalue weighted by molar-refractivity contribution is 5.44. The number of fused-ring (bicyclic) bond motifs is 1. The van der Waals surface area contributed by atoms with E-state index in [0.717, 1.165) is 5.56 Å². The highest BCUT2D eigenvalue weighted by atomic mass is 19.1. The number of aromatic nitrogens is 7. The van der Waals surface area contributed by atoms with Crippen LogP contribution >= 0.6 is 0 Å². The first-order valence-corrected chi connectivity index (χ1v) is 7.28. The molecule has 4 aromatic rings. The summed E-state index contributed by atoms with van der Waals surface area (Å²) >= 11 is 0. The van der Waals surface area contributed by atoms with Crippen LogP contribution in [0.15, 0.2) is 49.3 Å². The second kappa shape index (κ2) is 6.03. The van der Waals surface area contributed by atoms with Crippen molar-refractivity contribution in [1.29, 1.82) is 0 Å². The maximum atomic E-state index is 13.2. The van der Waals surface area contributed by atoms with E-state index in [1.807, 2.05) is 6.07 Å². The van der Waals surface area contributed by atoms with Gasteiger partial charge in [0.1, 0.15) is 24.3 Å². The molecule has 0 atom stereocenters. The number of hydrogen-bond donors (Lipinski definition) is 1. The SMILES string of the molecule is Fc1cccc(Cn2cnc(CNc3cncc4ncnn34)n2)c1. The second-order valence-corrected chi connectivity index (χ2v) is 5.16. The predicted molar refractivity (Wildman–Crippen MR) is 83.6 cm³/mol. The van der Waals surface area contributed by atoms with Gasteiger partial charge in [-0.15, -0.1) is 0 Å². The van der Waals surface area contributed by atoms with E-state index in [1.54, 1.807) is 34.0 Å². The second-order valence-electron chi connectivity index (χ2n) is 5.16. The van der Waals surface area contributed by atoms with Gasteiger partial charge in [-0.3, -0.25) is 4.98 Å². The first kappa shape index (κ1) is 14.2. The molecule has 8 nitrogen and oxygen atoms in total. The summed E-state index contributed by atoms with van der Waals surface area (Å²) in [4.78, 5) is 12.4. The Balaban J connectivity index is 1.45. The maximum absolute atomic E-state index is 13.2. The largest absolute Gasteiger partial charge is 0.361 e. The molecule has 3 heterocycles. The van der Waals surface area contributed by atoms with Crippen LogP contribution in [0.1, 0.15) is 11.4 Å². The zero-order chi connectivity index (χ0) is 16.4. The average molecular weight is 324 g/mol. The van der Waals surface area contributed by atoms with E-state index in [2.05, 4.69) is 30.5 Å². The van der Waals surface area contributed by atoms with Gasteiger partial charge in [-0.25, -0.2) is 19.0 Å². The van der Waals surface area contributed by atoms with Crippen LogP contribution in [0.3, 0.4) is 0 Å². The van der Waals surface area contributed by atoms with E-state index in [-0.39, 0.29) is 5.82 Å². The molecule has 1 N–H and O–H groups in total. The van der Waals surface area contributed by atoms with Gasteiger partial charge in [-0.1, -0.05) is 12.1 Å². The van der Waals surface area contributed by atoms with Crippen molar-refractivity contribution in [3.8, 4) is 0 Å². The topological polar surface area (TPSA) is 85.8 Å². The number of anilines is 1. The first-order valence-electron chi connectivity index (χ1n) is 7.28. The van der Waals surface area contributed by atoms with E-state index in [9.17, 15) is 4.39 Å².